The Balaban J connectivity index is 1.44. The molecule has 3 aliphatic rings. The zero-order valence-electron chi connectivity index (χ0n) is 13.6. The molecule has 7 heteroatoms. The van der Waals surface area contributed by atoms with Gasteiger partial charge in [0.05, 0.1) is 5.75 Å². The monoisotopic (exact) mass is 350 g/mol. The molecule has 0 spiro atoms. The highest BCUT2D eigenvalue weighted by Crippen LogP contribution is 2.30. The molecule has 0 saturated carbocycles. The van der Waals surface area contributed by atoms with E-state index in [0.29, 0.717) is 32.5 Å². The van der Waals surface area contributed by atoms with Crippen LogP contribution in [0.1, 0.15) is 24.8 Å². The zero-order valence-corrected chi connectivity index (χ0v) is 14.4. The SMILES string of the molecule is O=C(C1Cc2ccccc2O1)N1CCCC(N2CCCS2(=O)=O)C1. The number of carbonyl (C=O) groups is 1. The van der Waals surface area contributed by atoms with Crippen LogP contribution in [0.5, 0.6) is 5.75 Å². The number of rotatable bonds is 2. The minimum absolute atomic E-state index is 0.0208. The zero-order chi connectivity index (χ0) is 16.7. The number of hydrogen-bond donors (Lipinski definition) is 0. The minimum atomic E-state index is -3.13. The molecule has 2 unspecified atom stereocenters. The maximum Gasteiger partial charge on any atom is 0.264 e. The van der Waals surface area contributed by atoms with Crippen LogP contribution in [0.15, 0.2) is 24.3 Å². The molecule has 2 atom stereocenters. The van der Waals surface area contributed by atoms with Gasteiger partial charge in [-0.25, -0.2) is 8.42 Å². The molecule has 24 heavy (non-hydrogen) atoms. The van der Waals surface area contributed by atoms with Crippen molar-refractivity contribution in [2.75, 3.05) is 25.4 Å². The normalized spacial score (nSPS) is 29.2. The maximum atomic E-state index is 12.8. The molecular weight excluding hydrogens is 328 g/mol. The van der Waals surface area contributed by atoms with Crippen LogP contribution in [0.2, 0.25) is 0 Å². The van der Waals surface area contributed by atoms with E-state index in [2.05, 4.69) is 0 Å². The van der Waals surface area contributed by atoms with Crippen LogP contribution in [0.25, 0.3) is 0 Å². The van der Waals surface area contributed by atoms with Crippen molar-refractivity contribution in [3.05, 3.63) is 29.8 Å². The van der Waals surface area contributed by atoms with Crippen molar-refractivity contribution in [1.82, 2.24) is 9.21 Å². The summed E-state index contributed by atoms with van der Waals surface area (Å²) in [6.07, 6.45) is 2.47. The molecular formula is C17H22N2O4S. The van der Waals surface area contributed by atoms with Gasteiger partial charge >= 0.3 is 0 Å². The number of likely N-dealkylation sites (tertiary alicyclic amines) is 1. The fourth-order valence-electron chi connectivity index (χ4n) is 3.98. The Morgan fingerprint density at radius 3 is 2.75 bits per heavy atom. The van der Waals surface area contributed by atoms with Crippen LogP contribution in [-0.2, 0) is 21.2 Å². The summed E-state index contributed by atoms with van der Waals surface area (Å²) in [4.78, 5) is 14.6. The minimum Gasteiger partial charge on any atom is -0.480 e. The number of benzene rings is 1. The first-order valence-electron chi connectivity index (χ1n) is 8.57. The molecule has 1 amide bonds. The maximum absolute atomic E-state index is 12.8. The molecule has 2 saturated heterocycles. The molecule has 0 N–H and O–H groups in total. The molecule has 2 fully saturated rings. The van der Waals surface area contributed by atoms with Crippen LogP contribution in [-0.4, -0.2) is 61.1 Å². The van der Waals surface area contributed by atoms with E-state index >= 15 is 0 Å². The predicted octanol–water partition coefficient (Wildman–Crippen LogP) is 1.02. The van der Waals surface area contributed by atoms with E-state index in [1.807, 2.05) is 24.3 Å². The average Bonchev–Trinajstić information content (AvgIpc) is 3.16. The predicted molar refractivity (Wildman–Crippen MR) is 89.3 cm³/mol. The van der Waals surface area contributed by atoms with Gasteiger partial charge in [-0.05, 0) is 30.9 Å². The largest absolute Gasteiger partial charge is 0.480 e. The van der Waals surface area contributed by atoms with Gasteiger partial charge < -0.3 is 9.64 Å². The Kier molecular flexibility index (Phi) is 4.00. The van der Waals surface area contributed by atoms with Crippen LogP contribution in [0.3, 0.4) is 0 Å². The highest BCUT2D eigenvalue weighted by molar-refractivity contribution is 7.89. The summed E-state index contributed by atoms with van der Waals surface area (Å²) in [6.45, 7) is 1.74. The van der Waals surface area contributed by atoms with Crippen molar-refractivity contribution in [2.45, 2.75) is 37.8 Å². The van der Waals surface area contributed by atoms with E-state index < -0.39 is 16.1 Å². The van der Waals surface area contributed by atoms with Crippen molar-refractivity contribution >= 4 is 15.9 Å². The third-order valence-corrected chi connectivity index (χ3v) is 7.18. The van der Waals surface area contributed by atoms with Crippen LogP contribution in [0, 0.1) is 0 Å². The molecule has 4 rings (SSSR count). The van der Waals surface area contributed by atoms with Crippen LogP contribution < -0.4 is 4.74 Å². The van der Waals surface area contributed by atoms with E-state index in [0.717, 1.165) is 24.2 Å². The second-order valence-electron chi connectivity index (χ2n) is 6.78. The van der Waals surface area contributed by atoms with E-state index in [9.17, 15) is 13.2 Å². The van der Waals surface area contributed by atoms with E-state index in [4.69, 9.17) is 4.74 Å². The summed E-state index contributed by atoms with van der Waals surface area (Å²) in [5.74, 6) is 0.998. The van der Waals surface area contributed by atoms with Crippen molar-refractivity contribution in [3.8, 4) is 5.75 Å². The van der Waals surface area contributed by atoms with Crippen molar-refractivity contribution < 1.29 is 17.9 Å². The van der Waals surface area contributed by atoms with Crippen molar-refractivity contribution in [3.63, 3.8) is 0 Å². The Morgan fingerprint density at radius 2 is 2.00 bits per heavy atom. The standard InChI is InChI=1S/C17H22N2O4S/c20-17(16-11-13-5-1-2-7-15(13)23-16)18-8-3-6-14(12-18)19-9-4-10-24(19,21)22/h1-2,5,7,14,16H,3-4,6,8-12H2. The lowest BCUT2D eigenvalue weighted by Crippen LogP contribution is -2.53. The number of carbonyl (C=O) groups excluding carboxylic acids is 1. The molecule has 130 valence electrons. The number of nitrogens with zero attached hydrogens (tertiary/aromatic N) is 2. The fraction of sp³-hybridized carbons (Fsp3) is 0.588. The second kappa shape index (κ2) is 6.04. The van der Waals surface area contributed by atoms with Gasteiger partial charge in [-0.1, -0.05) is 18.2 Å². The summed E-state index contributed by atoms with van der Waals surface area (Å²) in [7, 11) is -3.13. The lowest BCUT2D eigenvalue weighted by atomic mass is 10.0. The number of amides is 1. The molecule has 0 radical (unpaired) electrons. The molecule has 0 aromatic heterocycles. The van der Waals surface area contributed by atoms with E-state index in [1.165, 1.54) is 0 Å². The quantitative estimate of drug-likeness (QED) is 0.799. The number of sulfonamides is 1. The third kappa shape index (κ3) is 2.80. The molecule has 1 aromatic carbocycles. The first-order valence-corrected chi connectivity index (χ1v) is 10.2. The van der Waals surface area contributed by atoms with Crippen LogP contribution >= 0.6 is 0 Å². The van der Waals surface area contributed by atoms with Crippen LogP contribution in [0.4, 0.5) is 0 Å². The second-order valence-corrected chi connectivity index (χ2v) is 8.82. The molecule has 6 nitrogen and oxygen atoms in total. The van der Waals surface area contributed by atoms with E-state index in [-0.39, 0.29) is 17.7 Å². The summed E-state index contributed by atoms with van der Waals surface area (Å²) in [5.41, 5.74) is 1.06. The highest BCUT2D eigenvalue weighted by Gasteiger charge is 2.39. The van der Waals surface area contributed by atoms with Gasteiger partial charge in [0.25, 0.3) is 5.91 Å². The van der Waals surface area contributed by atoms with E-state index in [1.54, 1.807) is 9.21 Å². The topological polar surface area (TPSA) is 66.9 Å². The number of para-hydroxylation sites is 1. The highest BCUT2D eigenvalue weighted by atomic mass is 32.2. The first kappa shape index (κ1) is 15.9. The van der Waals surface area contributed by atoms with Gasteiger partial charge in [-0.2, -0.15) is 4.31 Å². The van der Waals surface area contributed by atoms with Gasteiger partial charge in [-0.15, -0.1) is 0 Å². The van der Waals surface area contributed by atoms with Crippen molar-refractivity contribution in [2.24, 2.45) is 0 Å². The number of piperidine rings is 1. The lowest BCUT2D eigenvalue weighted by Gasteiger charge is -2.37. The number of hydrogen-bond acceptors (Lipinski definition) is 4. The van der Waals surface area contributed by atoms with Crippen molar-refractivity contribution in [1.29, 1.82) is 0 Å². The summed E-state index contributed by atoms with van der Waals surface area (Å²) in [6, 6.07) is 7.64. The first-order chi connectivity index (χ1) is 11.5. The Labute approximate surface area is 142 Å². The fourth-order valence-corrected chi connectivity index (χ4v) is 5.74. The molecule has 3 heterocycles. The summed E-state index contributed by atoms with van der Waals surface area (Å²) < 4.78 is 31.7. The number of ether oxygens (including phenoxy) is 1. The van der Waals surface area contributed by atoms with Gasteiger partial charge in [0.15, 0.2) is 6.10 Å². The molecule has 0 aliphatic carbocycles. The number of fused-ring (bicyclic) bond motifs is 1. The lowest BCUT2D eigenvalue weighted by molar-refractivity contribution is -0.139. The molecule has 1 aromatic rings. The third-order valence-electron chi connectivity index (χ3n) is 5.18. The Bertz CT molecular complexity index is 724. The van der Waals surface area contributed by atoms with Gasteiger partial charge in [0.1, 0.15) is 5.75 Å². The van der Waals surface area contributed by atoms with Gasteiger partial charge in [-0.3, -0.25) is 4.79 Å². The summed E-state index contributed by atoms with van der Waals surface area (Å²) >= 11 is 0. The van der Waals surface area contributed by atoms with Gasteiger partial charge in [0, 0.05) is 32.1 Å². The average molecular weight is 350 g/mol. The Morgan fingerprint density at radius 1 is 1.17 bits per heavy atom. The van der Waals surface area contributed by atoms with Gasteiger partial charge in [0.2, 0.25) is 10.0 Å². The summed E-state index contributed by atoms with van der Waals surface area (Å²) in [5, 5.41) is 0. The molecule has 0 bridgehead atoms. The Hall–Kier alpha value is -1.60. The molecule has 3 aliphatic heterocycles. The smallest absolute Gasteiger partial charge is 0.264 e.